The van der Waals surface area contributed by atoms with Gasteiger partial charge in [0, 0.05) is 29.5 Å². The normalized spacial score (nSPS) is 20.4. The van der Waals surface area contributed by atoms with Gasteiger partial charge in [-0.1, -0.05) is 28.1 Å². The van der Waals surface area contributed by atoms with Crippen LogP contribution in [-0.2, 0) is 10.0 Å². The second-order valence-corrected chi connectivity index (χ2v) is 8.56. The summed E-state index contributed by atoms with van der Waals surface area (Å²) < 4.78 is 25.6. The highest BCUT2D eigenvalue weighted by atomic mass is 79.9. The van der Waals surface area contributed by atoms with Gasteiger partial charge in [0.25, 0.3) is 0 Å². The molecule has 0 saturated carbocycles. The Bertz CT molecular complexity index is 642. The van der Waals surface area contributed by atoms with Gasteiger partial charge in [0.05, 0.1) is 6.26 Å². The number of ketones is 1. The van der Waals surface area contributed by atoms with Crippen molar-refractivity contribution >= 4 is 31.7 Å². The van der Waals surface area contributed by atoms with Crippen LogP contribution in [0.1, 0.15) is 35.2 Å². The molecule has 1 aromatic rings. The van der Waals surface area contributed by atoms with E-state index in [0.717, 1.165) is 22.9 Å². The highest BCUT2D eigenvalue weighted by Gasteiger charge is 2.27. The fraction of sp³-hybridized carbons (Fsp3) is 0.533. The standard InChI is InChI=1S/C15H20BrNO3S/c1-11-5-6-13(9-14(11)16)15(18)8-12-4-3-7-17(10-12)21(2,19)20/h5-6,9,12H,3-4,7-8,10H2,1-2H3. The molecule has 2 rings (SSSR count). The van der Waals surface area contributed by atoms with E-state index in [0.29, 0.717) is 25.1 Å². The lowest BCUT2D eigenvalue weighted by molar-refractivity contribution is 0.0942. The molecule has 1 aromatic carbocycles. The molecule has 1 saturated heterocycles. The number of hydrogen-bond donors (Lipinski definition) is 0. The lowest BCUT2D eigenvalue weighted by Gasteiger charge is -2.30. The van der Waals surface area contributed by atoms with E-state index in [1.807, 2.05) is 25.1 Å². The minimum absolute atomic E-state index is 0.0797. The van der Waals surface area contributed by atoms with E-state index >= 15 is 0 Å². The van der Waals surface area contributed by atoms with Crippen molar-refractivity contribution in [1.82, 2.24) is 4.31 Å². The van der Waals surface area contributed by atoms with Crippen molar-refractivity contribution in [3.63, 3.8) is 0 Å². The quantitative estimate of drug-likeness (QED) is 0.762. The molecule has 0 radical (unpaired) electrons. The van der Waals surface area contributed by atoms with Crippen LogP contribution >= 0.6 is 15.9 Å². The van der Waals surface area contributed by atoms with Gasteiger partial charge >= 0.3 is 0 Å². The van der Waals surface area contributed by atoms with Crippen LogP contribution in [0.15, 0.2) is 22.7 Å². The summed E-state index contributed by atoms with van der Waals surface area (Å²) in [7, 11) is -3.16. The van der Waals surface area contributed by atoms with Crippen LogP contribution < -0.4 is 0 Å². The Kier molecular flexibility index (Phi) is 5.22. The summed E-state index contributed by atoms with van der Waals surface area (Å²) in [5.74, 6) is 0.192. The molecule has 0 spiro atoms. The second kappa shape index (κ2) is 6.58. The number of carbonyl (C=O) groups is 1. The molecule has 6 heteroatoms. The summed E-state index contributed by atoms with van der Waals surface area (Å²) in [5, 5.41) is 0. The Hall–Kier alpha value is -0.720. The van der Waals surface area contributed by atoms with Crippen LogP contribution in [0.5, 0.6) is 0 Å². The number of nitrogens with zero attached hydrogens (tertiary/aromatic N) is 1. The number of Topliss-reactive ketones (excluding diaryl/α,β-unsaturated/α-hetero) is 1. The molecule has 21 heavy (non-hydrogen) atoms. The Morgan fingerprint density at radius 1 is 1.43 bits per heavy atom. The first-order valence-corrected chi connectivity index (χ1v) is 9.66. The number of piperidine rings is 1. The number of hydrogen-bond acceptors (Lipinski definition) is 3. The molecule has 0 aromatic heterocycles. The highest BCUT2D eigenvalue weighted by molar-refractivity contribution is 9.10. The van der Waals surface area contributed by atoms with Crippen molar-refractivity contribution in [3.05, 3.63) is 33.8 Å². The van der Waals surface area contributed by atoms with Gasteiger partial charge in [-0.15, -0.1) is 0 Å². The molecule has 1 aliphatic heterocycles. The first-order valence-electron chi connectivity index (χ1n) is 7.02. The molecule has 4 nitrogen and oxygen atoms in total. The lowest BCUT2D eigenvalue weighted by atomic mass is 9.92. The Morgan fingerprint density at radius 2 is 2.14 bits per heavy atom. The molecule has 0 amide bonds. The zero-order chi connectivity index (χ0) is 15.6. The van der Waals surface area contributed by atoms with Gasteiger partial charge in [0.1, 0.15) is 0 Å². The summed E-state index contributed by atoms with van der Waals surface area (Å²) in [6.45, 7) is 3.00. The smallest absolute Gasteiger partial charge is 0.211 e. The average molecular weight is 374 g/mol. The van der Waals surface area contributed by atoms with Crippen molar-refractivity contribution in [2.75, 3.05) is 19.3 Å². The fourth-order valence-electron chi connectivity index (χ4n) is 2.64. The summed E-state index contributed by atoms with van der Waals surface area (Å²) >= 11 is 3.44. The van der Waals surface area contributed by atoms with E-state index in [4.69, 9.17) is 0 Å². The zero-order valence-electron chi connectivity index (χ0n) is 12.3. The van der Waals surface area contributed by atoms with E-state index in [1.54, 1.807) is 0 Å². The summed E-state index contributed by atoms with van der Waals surface area (Å²) in [6, 6.07) is 5.59. The number of aryl methyl sites for hydroxylation is 1. The van der Waals surface area contributed by atoms with Crippen molar-refractivity contribution < 1.29 is 13.2 Å². The fourth-order valence-corrected chi connectivity index (χ4v) is 3.96. The van der Waals surface area contributed by atoms with Gasteiger partial charge in [-0.05, 0) is 37.3 Å². The van der Waals surface area contributed by atoms with Crippen molar-refractivity contribution in [2.24, 2.45) is 5.92 Å². The second-order valence-electron chi connectivity index (χ2n) is 5.72. The third-order valence-corrected chi connectivity index (χ3v) is 6.04. The maximum atomic E-state index is 12.3. The van der Waals surface area contributed by atoms with E-state index in [2.05, 4.69) is 15.9 Å². The molecular formula is C15H20BrNO3S. The Labute approximate surface area is 134 Å². The summed E-state index contributed by atoms with van der Waals surface area (Å²) in [5.41, 5.74) is 1.77. The number of sulfonamides is 1. The Morgan fingerprint density at radius 3 is 2.76 bits per heavy atom. The highest BCUT2D eigenvalue weighted by Crippen LogP contribution is 2.24. The molecule has 1 unspecified atom stereocenters. The SMILES string of the molecule is Cc1ccc(C(=O)CC2CCCN(S(C)(=O)=O)C2)cc1Br. The maximum Gasteiger partial charge on any atom is 0.211 e. The van der Waals surface area contributed by atoms with Gasteiger partial charge in [-0.25, -0.2) is 12.7 Å². The van der Waals surface area contributed by atoms with Crippen LogP contribution in [-0.4, -0.2) is 37.9 Å². The topological polar surface area (TPSA) is 54.5 Å². The molecule has 116 valence electrons. The third kappa shape index (κ3) is 4.37. The molecule has 1 heterocycles. The molecule has 1 aliphatic rings. The molecule has 0 bridgehead atoms. The van der Waals surface area contributed by atoms with Crippen molar-refractivity contribution in [3.8, 4) is 0 Å². The minimum atomic E-state index is -3.16. The summed E-state index contributed by atoms with van der Waals surface area (Å²) in [6.07, 6.45) is 3.36. The molecule has 0 N–H and O–H groups in total. The van der Waals surface area contributed by atoms with Gasteiger partial charge in [0.2, 0.25) is 10.0 Å². The number of carbonyl (C=O) groups excluding carboxylic acids is 1. The van der Waals surface area contributed by atoms with Crippen LogP contribution in [0, 0.1) is 12.8 Å². The average Bonchev–Trinajstić information content (AvgIpc) is 2.41. The van der Waals surface area contributed by atoms with Crippen LogP contribution in [0.4, 0.5) is 0 Å². The van der Waals surface area contributed by atoms with Gasteiger partial charge < -0.3 is 0 Å². The maximum absolute atomic E-state index is 12.3. The monoisotopic (exact) mass is 373 g/mol. The zero-order valence-corrected chi connectivity index (χ0v) is 14.7. The largest absolute Gasteiger partial charge is 0.294 e. The van der Waals surface area contributed by atoms with Gasteiger partial charge in [-0.3, -0.25) is 4.79 Å². The van der Waals surface area contributed by atoms with Crippen molar-refractivity contribution in [2.45, 2.75) is 26.2 Å². The van der Waals surface area contributed by atoms with Crippen LogP contribution in [0.3, 0.4) is 0 Å². The van der Waals surface area contributed by atoms with E-state index in [9.17, 15) is 13.2 Å². The number of benzene rings is 1. The van der Waals surface area contributed by atoms with Crippen molar-refractivity contribution in [1.29, 1.82) is 0 Å². The first-order chi connectivity index (χ1) is 9.77. The van der Waals surface area contributed by atoms with Gasteiger partial charge in [-0.2, -0.15) is 0 Å². The number of halogens is 1. The lowest BCUT2D eigenvalue weighted by Crippen LogP contribution is -2.39. The van der Waals surface area contributed by atoms with Crippen LogP contribution in [0.2, 0.25) is 0 Å². The third-order valence-electron chi connectivity index (χ3n) is 3.92. The molecule has 1 atom stereocenters. The predicted octanol–water partition coefficient (Wildman–Crippen LogP) is 3.00. The molecule has 1 fully saturated rings. The van der Waals surface area contributed by atoms with E-state index < -0.39 is 10.0 Å². The van der Waals surface area contributed by atoms with Gasteiger partial charge in [0.15, 0.2) is 5.78 Å². The Balaban J connectivity index is 2.03. The van der Waals surface area contributed by atoms with E-state index in [-0.39, 0.29) is 11.7 Å². The van der Waals surface area contributed by atoms with E-state index in [1.165, 1.54) is 10.6 Å². The number of rotatable bonds is 4. The predicted molar refractivity (Wildman–Crippen MR) is 87.0 cm³/mol. The first kappa shape index (κ1) is 16.6. The molecular weight excluding hydrogens is 354 g/mol. The van der Waals surface area contributed by atoms with Crippen LogP contribution in [0.25, 0.3) is 0 Å². The minimum Gasteiger partial charge on any atom is -0.294 e. The summed E-state index contributed by atoms with van der Waals surface area (Å²) in [4.78, 5) is 12.3. The molecule has 0 aliphatic carbocycles.